The van der Waals surface area contributed by atoms with E-state index in [0.717, 1.165) is 57.8 Å². The standard InChI is InChI=1S/C69H133NO5/c1-3-5-7-9-11-13-15-17-19-21-23-24-25-26-27-29-33-37-41-45-49-53-57-61-67(72)66(65-71)70-68(73)62-58-54-50-46-42-38-34-30-28-32-36-40-44-48-52-56-60-64-75-69(74)63-59-55-51-47-43-39-35-31-22-20-18-16-14-12-10-8-6-4-2/h20,22,28,32,66-67,71-72H,3-19,21,23-27,29-31,33-65H2,1-2H3,(H,70,73)/b22-20-,32-28-. The number of esters is 1. The number of amides is 1. The molecular formula is C69H133NO5. The van der Waals surface area contributed by atoms with Gasteiger partial charge in [0.05, 0.1) is 25.4 Å². The molecule has 0 aliphatic rings. The maximum absolute atomic E-state index is 12.5. The summed E-state index contributed by atoms with van der Waals surface area (Å²) < 4.78 is 5.49. The number of aliphatic hydroxyl groups is 2. The van der Waals surface area contributed by atoms with Crippen LogP contribution in [0, 0.1) is 0 Å². The van der Waals surface area contributed by atoms with Crippen molar-refractivity contribution < 1.29 is 24.5 Å². The SMILES string of the molecule is CCCCCCCCC/C=C\CCCCCCCCCC(=O)OCCCCCCCC/C=C\CCCCCCCCCC(=O)NC(CO)C(O)CCCCCCCCCCCCCCCCCCCCCCCCC. The van der Waals surface area contributed by atoms with E-state index in [9.17, 15) is 19.8 Å². The highest BCUT2D eigenvalue weighted by Gasteiger charge is 2.20. The molecule has 0 heterocycles. The fourth-order valence-electron chi connectivity index (χ4n) is 10.7. The Labute approximate surface area is 469 Å². The van der Waals surface area contributed by atoms with E-state index in [0.29, 0.717) is 25.9 Å². The van der Waals surface area contributed by atoms with Crippen LogP contribution in [0.2, 0.25) is 0 Å². The molecule has 6 heteroatoms. The zero-order chi connectivity index (χ0) is 54.3. The third-order valence-electron chi connectivity index (χ3n) is 16.0. The van der Waals surface area contributed by atoms with Crippen LogP contribution in [0.1, 0.15) is 380 Å². The first-order chi connectivity index (χ1) is 37.0. The second-order valence-electron chi connectivity index (χ2n) is 23.5. The Balaban J connectivity index is 3.44. The number of aliphatic hydroxyl groups excluding tert-OH is 2. The lowest BCUT2D eigenvalue weighted by molar-refractivity contribution is -0.143. The number of allylic oxidation sites excluding steroid dienone is 4. The molecule has 1 amide bonds. The predicted octanol–water partition coefficient (Wildman–Crippen LogP) is 21.8. The maximum Gasteiger partial charge on any atom is 0.305 e. The summed E-state index contributed by atoms with van der Waals surface area (Å²) in [4.78, 5) is 24.6. The lowest BCUT2D eigenvalue weighted by atomic mass is 10.0. The molecule has 0 aromatic heterocycles. The first-order valence-corrected chi connectivity index (χ1v) is 34.1. The predicted molar refractivity (Wildman–Crippen MR) is 329 cm³/mol. The molecule has 0 aromatic carbocycles. The molecule has 75 heavy (non-hydrogen) atoms. The molecule has 0 saturated heterocycles. The van der Waals surface area contributed by atoms with Crippen molar-refractivity contribution in [1.29, 1.82) is 0 Å². The minimum Gasteiger partial charge on any atom is -0.466 e. The number of hydrogen-bond donors (Lipinski definition) is 3. The Morgan fingerprint density at radius 1 is 0.360 bits per heavy atom. The number of carbonyl (C=O) groups is 2. The molecule has 0 saturated carbocycles. The molecule has 3 N–H and O–H groups in total. The van der Waals surface area contributed by atoms with Crippen molar-refractivity contribution in [3.05, 3.63) is 24.3 Å². The highest BCUT2D eigenvalue weighted by Crippen LogP contribution is 2.18. The topological polar surface area (TPSA) is 95.9 Å². The lowest BCUT2D eigenvalue weighted by Gasteiger charge is -2.22. The van der Waals surface area contributed by atoms with Crippen LogP contribution >= 0.6 is 0 Å². The van der Waals surface area contributed by atoms with E-state index < -0.39 is 12.1 Å². The van der Waals surface area contributed by atoms with Gasteiger partial charge in [0.15, 0.2) is 0 Å². The normalized spacial score (nSPS) is 12.6. The van der Waals surface area contributed by atoms with E-state index in [1.807, 2.05) is 0 Å². The molecule has 0 spiro atoms. The van der Waals surface area contributed by atoms with Crippen molar-refractivity contribution >= 4 is 11.9 Å². The molecular weight excluding hydrogens is 923 g/mol. The van der Waals surface area contributed by atoms with Gasteiger partial charge in [0.25, 0.3) is 0 Å². The molecule has 0 rings (SSSR count). The molecule has 0 bridgehead atoms. The quantitative estimate of drug-likeness (QED) is 0.0320. The average Bonchev–Trinajstić information content (AvgIpc) is 3.41. The van der Waals surface area contributed by atoms with Gasteiger partial charge in [-0.2, -0.15) is 0 Å². The summed E-state index contributed by atoms with van der Waals surface area (Å²) in [6, 6.07) is -0.552. The van der Waals surface area contributed by atoms with Crippen LogP contribution in [0.5, 0.6) is 0 Å². The summed E-state index contributed by atoms with van der Waals surface area (Å²) in [6.45, 7) is 4.96. The second kappa shape index (κ2) is 64.9. The van der Waals surface area contributed by atoms with Crippen molar-refractivity contribution in [3.8, 4) is 0 Å². The Kier molecular flexibility index (Phi) is 63.4. The molecule has 0 aromatic rings. The van der Waals surface area contributed by atoms with Gasteiger partial charge in [-0.3, -0.25) is 9.59 Å². The molecule has 2 unspecified atom stereocenters. The average molecular weight is 1060 g/mol. The van der Waals surface area contributed by atoms with Crippen molar-refractivity contribution in [2.24, 2.45) is 0 Å². The summed E-state index contributed by atoms with van der Waals surface area (Å²) in [7, 11) is 0. The Morgan fingerprint density at radius 2 is 0.627 bits per heavy atom. The number of ether oxygens (including phenoxy) is 1. The highest BCUT2D eigenvalue weighted by molar-refractivity contribution is 5.76. The van der Waals surface area contributed by atoms with Gasteiger partial charge < -0.3 is 20.3 Å². The van der Waals surface area contributed by atoms with Crippen molar-refractivity contribution in [2.45, 2.75) is 392 Å². The molecule has 6 nitrogen and oxygen atoms in total. The molecule has 2 atom stereocenters. The second-order valence-corrected chi connectivity index (χ2v) is 23.5. The third-order valence-corrected chi connectivity index (χ3v) is 16.0. The minimum atomic E-state index is -0.674. The number of carbonyl (C=O) groups excluding carboxylic acids is 2. The van der Waals surface area contributed by atoms with Gasteiger partial charge in [0.1, 0.15) is 0 Å². The van der Waals surface area contributed by atoms with Gasteiger partial charge >= 0.3 is 5.97 Å². The Bertz CT molecular complexity index is 1170. The summed E-state index contributed by atoms with van der Waals surface area (Å²) in [6.07, 6.45) is 80.6. The largest absolute Gasteiger partial charge is 0.466 e. The van der Waals surface area contributed by atoms with Crippen molar-refractivity contribution in [2.75, 3.05) is 13.2 Å². The van der Waals surface area contributed by atoms with E-state index >= 15 is 0 Å². The van der Waals surface area contributed by atoms with Gasteiger partial charge in [0.2, 0.25) is 5.91 Å². The smallest absolute Gasteiger partial charge is 0.305 e. The van der Waals surface area contributed by atoms with Crippen LogP contribution in [-0.4, -0.2) is 47.4 Å². The van der Waals surface area contributed by atoms with Gasteiger partial charge in [-0.1, -0.05) is 314 Å². The van der Waals surface area contributed by atoms with Crippen LogP contribution in [0.3, 0.4) is 0 Å². The minimum absolute atomic E-state index is 0.00360. The highest BCUT2D eigenvalue weighted by atomic mass is 16.5. The van der Waals surface area contributed by atoms with Crippen LogP contribution in [0.4, 0.5) is 0 Å². The monoisotopic (exact) mass is 1060 g/mol. The summed E-state index contributed by atoms with van der Waals surface area (Å²) in [5.74, 6) is -0.0466. The third kappa shape index (κ3) is 61.4. The lowest BCUT2D eigenvalue weighted by Crippen LogP contribution is -2.45. The van der Waals surface area contributed by atoms with Gasteiger partial charge in [-0.05, 0) is 77.0 Å². The van der Waals surface area contributed by atoms with Crippen LogP contribution in [0.15, 0.2) is 24.3 Å². The summed E-state index contributed by atoms with van der Waals surface area (Å²) >= 11 is 0. The van der Waals surface area contributed by atoms with Crippen LogP contribution in [-0.2, 0) is 14.3 Å². The van der Waals surface area contributed by atoms with E-state index in [-0.39, 0.29) is 18.5 Å². The molecule has 0 aliphatic heterocycles. The number of nitrogens with one attached hydrogen (secondary N) is 1. The van der Waals surface area contributed by atoms with E-state index in [1.54, 1.807) is 0 Å². The number of unbranched alkanes of at least 4 members (excludes halogenated alkanes) is 49. The number of rotatable bonds is 64. The van der Waals surface area contributed by atoms with E-state index in [4.69, 9.17) is 4.74 Å². The van der Waals surface area contributed by atoms with Crippen LogP contribution < -0.4 is 5.32 Å². The van der Waals surface area contributed by atoms with Crippen molar-refractivity contribution in [1.82, 2.24) is 5.32 Å². The van der Waals surface area contributed by atoms with Gasteiger partial charge in [0, 0.05) is 12.8 Å². The van der Waals surface area contributed by atoms with E-state index in [2.05, 4.69) is 43.5 Å². The maximum atomic E-state index is 12.5. The van der Waals surface area contributed by atoms with E-state index in [1.165, 1.54) is 289 Å². The first-order valence-electron chi connectivity index (χ1n) is 34.1. The molecule has 0 radical (unpaired) electrons. The zero-order valence-corrected chi connectivity index (χ0v) is 50.8. The molecule has 0 fully saturated rings. The Morgan fingerprint density at radius 3 is 0.947 bits per heavy atom. The summed E-state index contributed by atoms with van der Waals surface area (Å²) in [5, 5.41) is 23.4. The fraction of sp³-hybridized carbons (Fsp3) is 0.913. The summed E-state index contributed by atoms with van der Waals surface area (Å²) in [5.41, 5.74) is 0. The Hall–Kier alpha value is -1.66. The van der Waals surface area contributed by atoms with Gasteiger partial charge in [-0.25, -0.2) is 0 Å². The van der Waals surface area contributed by atoms with Crippen molar-refractivity contribution in [3.63, 3.8) is 0 Å². The van der Waals surface area contributed by atoms with Crippen LogP contribution in [0.25, 0.3) is 0 Å². The fourth-order valence-corrected chi connectivity index (χ4v) is 10.7. The molecule has 0 aliphatic carbocycles. The zero-order valence-electron chi connectivity index (χ0n) is 50.8. The first kappa shape index (κ1) is 73.3. The number of hydrogen-bond acceptors (Lipinski definition) is 5. The molecule has 444 valence electrons. The van der Waals surface area contributed by atoms with Gasteiger partial charge in [-0.15, -0.1) is 0 Å².